The highest BCUT2D eigenvalue weighted by molar-refractivity contribution is 5.17. The standard InChI is InChI=1S/C34H63N3O3/c1-2-3-4-5-6-7-11-14-17-20-23-30(38)32-25-26-33(40-32)31(39)24-21-18-15-12-9-8-10-13-16-19-22-29-27-36-34(35)37-28-29/h27-28,30-33,38-39H,2-26H2,1H3,(H2,35,36,37)/t30-,31-,32-,33-/m1/s1. The van der Waals surface area contributed by atoms with E-state index in [0.29, 0.717) is 5.95 Å². The van der Waals surface area contributed by atoms with Gasteiger partial charge in [0, 0.05) is 12.4 Å². The number of nitrogens with two attached hydrogens (primary N) is 1. The molecule has 0 saturated carbocycles. The van der Waals surface area contributed by atoms with Crippen LogP contribution in [0, 0.1) is 0 Å². The Labute approximate surface area is 246 Å². The Hall–Kier alpha value is -1.24. The van der Waals surface area contributed by atoms with Crippen LogP contribution in [0.3, 0.4) is 0 Å². The summed E-state index contributed by atoms with van der Waals surface area (Å²) in [4.78, 5) is 8.10. The molecule has 0 spiro atoms. The van der Waals surface area contributed by atoms with Crippen molar-refractivity contribution in [3.8, 4) is 0 Å². The molecule has 1 aliphatic heterocycles. The average Bonchev–Trinajstić information content (AvgIpc) is 3.46. The zero-order valence-electron chi connectivity index (χ0n) is 25.9. The van der Waals surface area contributed by atoms with E-state index in [-0.39, 0.29) is 24.4 Å². The summed E-state index contributed by atoms with van der Waals surface area (Å²) >= 11 is 0. The Morgan fingerprint density at radius 1 is 0.650 bits per heavy atom. The zero-order valence-corrected chi connectivity index (χ0v) is 25.9. The number of unbranched alkanes of at least 4 members (excludes halogenated alkanes) is 18. The van der Waals surface area contributed by atoms with E-state index in [9.17, 15) is 10.2 Å². The Bertz CT molecular complexity index is 702. The second kappa shape index (κ2) is 23.3. The average molecular weight is 562 g/mol. The van der Waals surface area contributed by atoms with Crippen LogP contribution in [0.5, 0.6) is 0 Å². The van der Waals surface area contributed by atoms with Gasteiger partial charge in [0.25, 0.3) is 0 Å². The highest BCUT2D eigenvalue weighted by Gasteiger charge is 2.33. The summed E-state index contributed by atoms with van der Waals surface area (Å²) in [6.07, 6.45) is 32.9. The van der Waals surface area contributed by atoms with Crippen LogP contribution in [-0.2, 0) is 11.2 Å². The van der Waals surface area contributed by atoms with E-state index in [1.807, 2.05) is 12.4 Å². The first-order chi connectivity index (χ1) is 19.6. The molecule has 1 aliphatic rings. The predicted molar refractivity (Wildman–Crippen MR) is 167 cm³/mol. The highest BCUT2D eigenvalue weighted by Crippen LogP contribution is 2.28. The number of hydrogen-bond donors (Lipinski definition) is 3. The molecule has 6 nitrogen and oxygen atoms in total. The topological polar surface area (TPSA) is 101 Å². The first kappa shape index (κ1) is 35.0. The number of rotatable bonds is 26. The molecule has 1 aromatic heterocycles. The molecule has 0 aromatic carbocycles. The van der Waals surface area contributed by atoms with Crippen molar-refractivity contribution in [1.82, 2.24) is 9.97 Å². The van der Waals surface area contributed by atoms with Gasteiger partial charge in [0.1, 0.15) is 0 Å². The van der Waals surface area contributed by atoms with Crippen LogP contribution in [0.4, 0.5) is 5.95 Å². The van der Waals surface area contributed by atoms with Gasteiger partial charge in [0.2, 0.25) is 5.95 Å². The largest absolute Gasteiger partial charge is 0.390 e. The van der Waals surface area contributed by atoms with Crippen molar-refractivity contribution >= 4 is 5.95 Å². The fourth-order valence-electron chi connectivity index (χ4n) is 6.06. The van der Waals surface area contributed by atoms with Crippen LogP contribution >= 0.6 is 0 Å². The van der Waals surface area contributed by atoms with Crippen molar-refractivity contribution in [2.24, 2.45) is 0 Å². The third kappa shape index (κ3) is 16.9. The van der Waals surface area contributed by atoms with Gasteiger partial charge in [-0.05, 0) is 44.1 Å². The Balaban J connectivity index is 1.35. The van der Waals surface area contributed by atoms with E-state index < -0.39 is 0 Å². The van der Waals surface area contributed by atoms with Gasteiger partial charge in [-0.25, -0.2) is 9.97 Å². The Kier molecular flexibility index (Phi) is 20.4. The number of aliphatic hydroxyl groups is 2. The molecule has 0 unspecified atom stereocenters. The second-order valence-electron chi connectivity index (χ2n) is 12.4. The van der Waals surface area contributed by atoms with Crippen LogP contribution < -0.4 is 5.73 Å². The molecule has 0 radical (unpaired) electrons. The number of hydrogen-bond acceptors (Lipinski definition) is 6. The number of aromatic nitrogens is 2. The Morgan fingerprint density at radius 3 is 1.45 bits per heavy atom. The summed E-state index contributed by atoms with van der Waals surface area (Å²) in [6, 6.07) is 0. The van der Waals surface area contributed by atoms with Crippen molar-refractivity contribution in [3.05, 3.63) is 18.0 Å². The lowest BCUT2D eigenvalue weighted by molar-refractivity contribution is -0.0786. The first-order valence-corrected chi connectivity index (χ1v) is 17.2. The van der Waals surface area contributed by atoms with E-state index in [1.54, 1.807) is 0 Å². The van der Waals surface area contributed by atoms with Crippen LogP contribution in [0.15, 0.2) is 12.4 Å². The van der Waals surface area contributed by atoms with Crippen LogP contribution in [0.25, 0.3) is 0 Å². The minimum absolute atomic E-state index is 0.0788. The fraction of sp³-hybridized carbons (Fsp3) is 0.882. The molecule has 6 heteroatoms. The molecule has 0 bridgehead atoms. The minimum atomic E-state index is -0.380. The van der Waals surface area contributed by atoms with Crippen molar-refractivity contribution < 1.29 is 14.9 Å². The molecule has 2 rings (SSSR count). The van der Waals surface area contributed by atoms with Gasteiger partial charge >= 0.3 is 0 Å². The lowest BCUT2D eigenvalue weighted by atomic mass is 10.00. The molecule has 40 heavy (non-hydrogen) atoms. The molecule has 1 aromatic rings. The first-order valence-electron chi connectivity index (χ1n) is 17.2. The molecular weight excluding hydrogens is 498 g/mol. The van der Waals surface area contributed by atoms with Crippen molar-refractivity contribution in [1.29, 1.82) is 0 Å². The van der Waals surface area contributed by atoms with Gasteiger partial charge in [-0.1, -0.05) is 129 Å². The van der Waals surface area contributed by atoms with Gasteiger partial charge in [0.15, 0.2) is 0 Å². The lowest BCUT2D eigenvalue weighted by Crippen LogP contribution is -2.31. The maximum atomic E-state index is 10.6. The number of ether oxygens (including phenoxy) is 1. The van der Waals surface area contributed by atoms with E-state index in [2.05, 4.69) is 16.9 Å². The SMILES string of the molecule is CCCCCCCCCCCC[C@@H](O)[C@H]1CC[C@H]([C@H](O)CCCCCCCCCCCCc2cnc(N)nc2)O1. The number of aliphatic hydroxyl groups excluding tert-OH is 2. The quantitative estimate of drug-likeness (QED) is 0.0981. The van der Waals surface area contributed by atoms with Crippen molar-refractivity contribution in [3.63, 3.8) is 0 Å². The molecule has 2 heterocycles. The third-order valence-corrected chi connectivity index (χ3v) is 8.74. The van der Waals surface area contributed by atoms with Crippen molar-refractivity contribution in [2.45, 2.75) is 192 Å². The van der Waals surface area contributed by atoms with E-state index >= 15 is 0 Å². The zero-order chi connectivity index (χ0) is 28.7. The molecular formula is C34H63N3O3. The van der Waals surface area contributed by atoms with Crippen LogP contribution in [0.1, 0.15) is 167 Å². The Morgan fingerprint density at radius 2 is 1.02 bits per heavy atom. The van der Waals surface area contributed by atoms with E-state index in [1.165, 1.54) is 121 Å². The molecule has 4 atom stereocenters. The third-order valence-electron chi connectivity index (χ3n) is 8.74. The summed E-state index contributed by atoms with van der Waals surface area (Å²) in [5.41, 5.74) is 6.71. The van der Waals surface area contributed by atoms with Gasteiger partial charge < -0.3 is 20.7 Å². The smallest absolute Gasteiger partial charge is 0.219 e. The summed E-state index contributed by atoms with van der Waals surface area (Å²) < 4.78 is 6.10. The lowest BCUT2D eigenvalue weighted by Gasteiger charge is -2.22. The fourth-order valence-corrected chi connectivity index (χ4v) is 6.06. The number of aryl methyl sites for hydroxylation is 1. The predicted octanol–water partition coefficient (Wildman–Crippen LogP) is 8.47. The maximum absolute atomic E-state index is 10.6. The van der Waals surface area contributed by atoms with E-state index in [0.717, 1.165) is 44.9 Å². The number of anilines is 1. The summed E-state index contributed by atoms with van der Waals surface area (Å²) in [5.74, 6) is 0.349. The van der Waals surface area contributed by atoms with Gasteiger partial charge in [0.05, 0.1) is 24.4 Å². The molecule has 4 N–H and O–H groups in total. The minimum Gasteiger partial charge on any atom is -0.390 e. The molecule has 0 amide bonds. The molecule has 1 saturated heterocycles. The molecule has 0 aliphatic carbocycles. The monoisotopic (exact) mass is 561 g/mol. The number of nitrogens with zero attached hydrogens (tertiary/aromatic N) is 2. The van der Waals surface area contributed by atoms with Gasteiger partial charge in [-0.2, -0.15) is 0 Å². The van der Waals surface area contributed by atoms with Crippen LogP contribution in [-0.4, -0.2) is 44.6 Å². The van der Waals surface area contributed by atoms with Crippen LogP contribution in [0.2, 0.25) is 0 Å². The maximum Gasteiger partial charge on any atom is 0.219 e. The normalized spacial score (nSPS) is 18.8. The highest BCUT2D eigenvalue weighted by atomic mass is 16.5. The molecule has 232 valence electrons. The van der Waals surface area contributed by atoms with E-state index in [4.69, 9.17) is 10.5 Å². The summed E-state index contributed by atoms with van der Waals surface area (Å²) in [6.45, 7) is 2.27. The summed E-state index contributed by atoms with van der Waals surface area (Å²) in [5, 5.41) is 21.2. The second-order valence-corrected chi connectivity index (χ2v) is 12.4. The van der Waals surface area contributed by atoms with Gasteiger partial charge in [-0.3, -0.25) is 0 Å². The van der Waals surface area contributed by atoms with Crippen molar-refractivity contribution in [2.75, 3.05) is 5.73 Å². The van der Waals surface area contributed by atoms with Gasteiger partial charge in [-0.15, -0.1) is 0 Å². The summed E-state index contributed by atoms with van der Waals surface area (Å²) in [7, 11) is 0. The molecule has 1 fully saturated rings. The number of nitrogen functional groups attached to an aromatic ring is 1.